The average Bonchev–Trinajstić information content (AvgIpc) is 2.41. The summed E-state index contributed by atoms with van der Waals surface area (Å²) in [5.41, 5.74) is 0.339. The third-order valence-electron chi connectivity index (χ3n) is 3.16. The number of aliphatic carboxylic acids is 1. The molecule has 0 aromatic carbocycles. The maximum Gasteiger partial charge on any atom is 0.326 e. The number of amides is 2. The summed E-state index contributed by atoms with van der Waals surface area (Å²) in [6.07, 6.45) is 2.33. The minimum absolute atomic E-state index is 0.395. The molecule has 0 aliphatic carbocycles. The number of pyridine rings is 1. The average molecular weight is 293 g/mol. The van der Waals surface area contributed by atoms with Gasteiger partial charge >= 0.3 is 12.0 Å². The lowest BCUT2D eigenvalue weighted by atomic mass is 9.87. The van der Waals surface area contributed by atoms with Crippen molar-refractivity contribution < 1.29 is 14.7 Å². The largest absolute Gasteiger partial charge is 0.480 e. The molecule has 0 aliphatic heterocycles. The Labute approximate surface area is 125 Å². The summed E-state index contributed by atoms with van der Waals surface area (Å²) in [4.78, 5) is 29.0. The number of carbonyl (C=O) groups excluding carboxylic acids is 1. The maximum atomic E-state index is 12.1. The summed E-state index contributed by atoms with van der Waals surface area (Å²) in [6, 6.07) is 4.29. The Morgan fingerprint density at radius 2 is 2.05 bits per heavy atom. The van der Waals surface area contributed by atoms with E-state index in [1.165, 1.54) is 4.90 Å². The summed E-state index contributed by atoms with van der Waals surface area (Å²) in [5, 5.41) is 11.8. The van der Waals surface area contributed by atoms with Gasteiger partial charge in [0.05, 0.1) is 0 Å². The molecule has 21 heavy (non-hydrogen) atoms. The van der Waals surface area contributed by atoms with E-state index in [4.69, 9.17) is 0 Å². The molecule has 1 rings (SSSR count). The molecule has 0 fully saturated rings. The van der Waals surface area contributed by atoms with Crippen molar-refractivity contribution in [1.82, 2.24) is 15.2 Å². The van der Waals surface area contributed by atoms with E-state index in [2.05, 4.69) is 10.3 Å². The number of hydrogen-bond donors (Lipinski definition) is 2. The topological polar surface area (TPSA) is 82.5 Å². The van der Waals surface area contributed by atoms with E-state index in [1.54, 1.807) is 34.0 Å². The number of urea groups is 1. The number of nitrogens with zero attached hydrogens (tertiary/aromatic N) is 2. The maximum absolute atomic E-state index is 12.1. The molecular formula is C15H23N3O3. The summed E-state index contributed by atoms with van der Waals surface area (Å²) in [5.74, 6) is -1.03. The van der Waals surface area contributed by atoms with Crippen molar-refractivity contribution in [2.75, 3.05) is 13.6 Å². The van der Waals surface area contributed by atoms with Gasteiger partial charge in [0, 0.05) is 31.9 Å². The second kappa shape index (κ2) is 7.06. The molecule has 0 radical (unpaired) electrons. The molecule has 1 aromatic heterocycles. The Hall–Kier alpha value is -2.11. The van der Waals surface area contributed by atoms with Crippen molar-refractivity contribution in [3.63, 3.8) is 0 Å². The normalized spacial score (nSPS) is 12.6. The van der Waals surface area contributed by atoms with Crippen LogP contribution in [0.2, 0.25) is 0 Å². The summed E-state index contributed by atoms with van der Waals surface area (Å²) < 4.78 is 0. The molecule has 1 atom stereocenters. The first-order valence-electron chi connectivity index (χ1n) is 6.86. The van der Waals surface area contributed by atoms with Crippen LogP contribution in [-0.4, -0.2) is 46.6 Å². The van der Waals surface area contributed by atoms with Crippen LogP contribution >= 0.6 is 0 Å². The molecule has 6 heteroatoms. The lowest BCUT2D eigenvalue weighted by Crippen LogP contribution is -2.52. The number of likely N-dealkylation sites (N-methyl/N-ethyl adjacent to an activating group) is 1. The highest BCUT2D eigenvalue weighted by atomic mass is 16.4. The number of hydrogen-bond acceptors (Lipinski definition) is 3. The van der Waals surface area contributed by atoms with Gasteiger partial charge in [-0.25, -0.2) is 9.59 Å². The second-order valence-electron chi connectivity index (χ2n) is 6.08. The first-order valence-corrected chi connectivity index (χ1v) is 6.86. The van der Waals surface area contributed by atoms with Crippen LogP contribution < -0.4 is 5.32 Å². The lowest BCUT2D eigenvalue weighted by Gasteiger charge is -2.29. The van der Waals surface area contributed by atoms with Crippen LogP contribution in [0.25, 0.3) is 0 Å². The molecule has 0 spiro atoms. The number of rotatable bonds is 5. The molecule has 0 unspecified atom stereocenters. The predicted octanol–water partition coefficient (Wildman–Crippen LogP) is 1.76. The molecule has 0 saturated heterocycles. The van der Waals surface area contributed by atoms with E-state index in [0.29, 0.717) is 13.0 Å². The predicted molar refractivity (Wildman–Crippen MR) is 80.0 cm³/mol. The zero-order valence-electron chi connectivity index (χ0n) is 13.0. The van der Waals surface area contributed by atoms with Crippen LogP contribution in [0, 0.1) is 5.41 Å². The van der Waals surface area contributed by atoms with Crippen molar-refractivity contribution in [3.8, 4) is 0 Å². The van der Waals surface area contributed by atoms with Gasteiger partial charge in [0.15, 0.2) is 0 Å². The van der Waals surface area contributed by atoms with E-state index in [9.17, 15) is 14.7 Å². The van der Waals surface area contributed by atoms with Gasteiger partial charge < -0.3 is 15.3 Å². The van der Waals surface area contributed by atoms with Gasteiger partial charge in [-0.2, -0.15) is 0 Å². The zero-order chi connectivity index (χ0) is 16.0. The van der Waals surface area contributed by atoms with Gasteiger partial charge in [-0.1, -0.05) is 26.8 Å². The highest BCUT2D eigenvalue weighted by molar-refractivity contribution is 5.83. The van der Waals surface area contributed by atoms with Gasteiger partial charge in [-0.05, 0) is 17.5 Å². The highest BCUT2D eigenvalue weighted by Crippen LogP contribution is 2.19. The van der Waals surface area contributed by atoms with Gasteiger partial charge in [-0.15, -0.1) is 0 Å². The number of carboxylic acids is 1. The molecule has 1 aromatic rings. The van der Waals surface area contributed by atoms with Crippen molar-refractivity contribution in [2.24, 2.45) is 5.41 Å². The minimum Gasteiger partial charge on any atom is -0.480 e. The van der Waals surface area contributed by atoms with Gasteiger partial charge in [0.25, 0.3) is 0 Å². The van der Waals surface area contributed by atoms with Crippen LogP contribution in [0.15, 0.2) is 24.4 Å². The van der Waals surface area contributed by atoms with Crippen molar-refractivity contribution in [1.29, 1.82) is 0 Å². The molecule has 116 valence electrons. The number of nitrogens with one attached hydrogen (secondary N) is 1. The molecule has 2 N–H and O–H groups in total. The van der Waals surface area contributed by atoms with Crippen LogP contribution in [0.4, 0.5) is 4.79 Å². The molecule has 0 saturated carbocycles. The van der Waals surface area contributed by atoms with Crippen LogP contribution in [-0.2, 0) is 11.2 Å². The van der Waals surface area contributed by atoms with E-state index in [1.807, 2.05) is 18.2 Å². The fraction of sp³-hybridized carbons (Fsp3) is 0.533. The van der Waals surface area contributed by atoms with Crippen LogP contribution in [0.3, 0.4) is 0 Å². The third-order valence-corrected chi connectivity index (χ3v) is 3.16. The van der Waals surface area contributed by atoms with E-state index in [-0.39, 0.29) is 0 Å². The first-order chi connectivity index (χ1) is 9.71. The third kappa shape index (κ3) is 5.41. The Bertz CT molecular complexity index is 483. The molecule has 1 heterocycles. The van der Waals surface area contributed by atoms with Crippen molar-refractivity contribution in [2.45, 2.75) is 33.2 Å². The fourth-order valence-electron chi connectivity index (χ4n) is 1.81. The van der Waals surface area contributed by atoms with Crippen LogP contribution in [0.1, 0.15) is 26.5 Å². The number of carboxylic acid groups (broad SMARTS) is 1. The standard InChI is InChI=1S/C15H23N3O3/c1-15(2,3)12(13(19)20)17-14(21)18(4)10-8-11-7-5-6-9-16-11/h5-7,9,12H,8,10H2,1-4H3,(H,17,21)(H,19,20)/t12-/m0/s1. The Morgan fingerprint density at radius 3 is 2.52 bits per heavy atom. The van der Waals surface area contributed by atoms with E-state index in [0.717, 1.165) is 5.69 Å². The Morgan fingerprint density at radius 1 is 1.38 bits per heavy atom. The molecular weight excluding hydrogens is 270 g/mol. The van der Waals surface area contributed by atoms with Crippen molar-refractivity contribution in [3.05, 3.63) is 30.1 Å². The summed E-state index contributed by atoms with van der Waals surface area (Å²) in [6.45, 7) is 5.80. The Balaban J connectivity index is 2.56. The van der Waals surface area contributed by atoms with Gasteiger partial charge in [0.2, 0.25) is 0 Å². The molecule has 2 amide bonds. The summed E-state index contributed by atoms with van der Waals surface area (Å²) in [7, 11) is 1.64. The van der Waals surface area contributed by atoms with Crippen molar-refractivity contribution >= 4 is 12.0 Å². The van der Waals surface area contributed by atoms with E-state index >= 15 is 0 Å². The van der Waals surface area contributed by atoms with E-state index < -0.39 is 23.5 Å². The highest BCUT2D eigenvalue weighted by Gasteiger charge is 2.33. The monoisotopic (exact) mass is 293 g/mol. The van der Waals surface area contributed by atoms with Gasteiger partial charge in [0.1, 0.15) is 6.04 Å². The zero-order valence-corrected chi connectivity index (χ0v) is 13.0. The smallest absolute Gasteiger partial charge is 0.326 e. The lowest BCUT2D eigenvalue weighted by molar-refractivity contribution is -0.142. The fourth-order valence-corrected chi connectivity index (χ4v) is 1.81. The minimum atomic E-state index is -1.03. The molecule has 0 aliphatic rings. The SMILES string of the molecule is CN(CCc1ccccn1)C(=O)N[C@@H](C(=O)O)C(C)(C)C. The number of carbonyl (C=O) groups is 2. The first kappa shape index (κ1) is 16.9. The molecule has 6 nitrogen and oxygen atoms in total. The second-order valence-corrected chi connectivity index (χ2v) is 6.08. The van der Waals surface area contributed by atoms with Crippen LogP contribution in [0.5, 0.6) is 0 Å². The van der Waals surface area contributed by atoms with Gasteiger partial charge in [-0.3, -0.25) is 4.98 Å². The summed E-state index contributed by atoms with van der Waals surface area (Å²) >= 11 is 0. The quantitative estimate of drug-likeness (QED) is 0.866. The number of aromatic nitrogens is 1. The Kier molecular flexibility index (Phi) is 5.69. The molecule has 0 bridgehead atoms.